The number of ether oxygens (including phenoxy) is 2. The lowest BCUT2D eigenvalue weighted by Crippen LogP contribution is -2.38. The third kappa shape index (κ3) is 5.38. The zero-order valence-electron chi connectivity index (χ0n) is 17.0. The number of hydrogen-bond donors (Lipinski definition) is 1. The second-order valence-corrected chi connectivity index (χ2v) is 6.66. The zero-order chi connectivity index (χ0) is 21.3. The molecule has 6 heteroatoms. The first-order chi connectivity index (χ1) is 14.6. The van der Waals surface area contributed by atoms with Crippen molar-refractivity contribution in [2.45, 2.75) is 13.1 Å². The van der Waals surface area contributed by atoms with Crippen molar-refractivity contribution in [3.05, 3.63) is 90.0 Å². The van der Waals surface area contributed by atoms with Gasteiger partial charge < -0.3 is 19.7 Å². The summed E-state index contributed by atoms with van der Waals surface area (Å²) in [5.74, 6) is -0.323. The van der Waals surface area contributed by atoms with Gasteiger partial charge >= 0.3 is 11.8 Å². The van der Waals surface area contributed by atoms with Gasteiger partial charge in [0.2, 0.25) is 0 Å². The largest absolute Gasteiger partial charge is 0.493 e. The summed E-state index contributed by atoms with van der Waals surface area (Å²) in [4.78, 5) is 27.2. The van der Waals surface area contributed by atoms with Crippen molar-refractivity contribution in [1.82, 2.24) is 4.90 Å². The van der Waals surface area contributed by atoms with Crippen LogP contribution in [0.25, 0.3) is 0 Å². The number of carbonyl (C=O) groups is 2. The minimum Gasteiger partial charge on any atom is -0.493 e. The van der Waals surface area contributed by atoms with Crippen LogP contribution in [0.1, 0.15) is 11.1 Å². The SMILES string of the molecule is COc1ccc(NC(=O)C(=O)N(Cc2ccccc2)Cc2ccccc2)cc1OC. The molecule has 0 aliphatic heterocycles. The van der Waals surface area contributed by atoms with Crippen LogP contribution in [0.4, 0.5) is 5.69 Å². The predicted molar refractivity (Wildman–Crippen MR) is 115 cm³/mol. The van der Waals surface area contributed by atoms with Gasteiger partial charge in [-0.05, 0) is 23.3 Å². The summed E-state index contributed by atoms with van der Waals surface area (Å²) < 4.78 is 10.5. The highest BCUT2D eigenvalue weighted by Gasteiger charge is 2.23. The maximum atomic E-state index is 13.0. The van der Waals surface area contributed by atoms with E-state index in [-0.39, 0.29) is 0 Å². The summed E-state index contributed by atoms with van der Waals surface area (Å²) in [6.07, 6.45) is 0. The van der Waals surface area contributed by atoms with Crippen molar-refractivity contribution < 1.29 is 19.1 Å². The van der Waals surface area contributed by atoms with E-state index in [1.54, 1.807) is 18.2 Å². The second-order valence-electron chi connectivity index (χ2n) is 6.66. The molecule has 0 bridgehead atoms. The van der Waals surface area contributed by atoms with E-state index in [0.29, 0.717) is 30.3 Å². The van der Waals surface area contributed by atoms with Gasteiger partial charge in [-0.25, -0.2) is 0 Å². The van der Waals surface area contributed by atoms with Crippen molar-refractivity contribution in [1.29, 1.82) is 0 Å². The molecule has 3 aromatic rings. The van der Waals surface area contributed by atoms with Gasteiger partial charge in [-0.2, -0.15) is 0 Å². The fraction of sp³-hybridized carbons (Fsp3) is 0.167. The molecule has 0 saturated heterocycles. The molecule has 0 radical (unpaired) electrons. The van der Waals surface area contributed by atoms with Crippen LogP contribution < -0.4 is 14.8 Å². The Morgan fingerprint density at radius 3 is 1.80 bits per heavy atom. The fourth-order valence-corrected chi connectivity index (χ4v) is 3.05. The molecule has 0 fully saturated rings. The Morgan fingerprint density at radius 1 is 0.767 bits per heavy atom. The molecule has 3 rings (SSSR count). The highest BCUT2D eigenvalue weighted by Crippen LogP contribution is 2.29. The number of nitrogens with one attached hydrogen (secondary N) is 1. The van der Waals surface area contributed by atoms with Crippen LogP contribution in [0, 0.1) is 0 Å². The number of carbonyl (C=O) groups excluding carboxylic acids is 2. The van der Waals surface area contributed by atoms with Gasteiger partial charge in [0.1, 0.15) is 0 Å². The molecule has 154 valence electrons. The van der Waals surface area contributed by atoms with Gasteiger partial charge in [0.05, 0.1) is 14.2 Å². The van der Waals surface area contributed by atoms with Gasteiger partial charge in [0.25, 0.3) is 0 Å². The summed E-state index contributed by atoms with van der Waals surface area (Å²) in [6.45, 7) is 0.655. The predicted octanol–water partition coefficient (Wildman–Crippen LogP) is 3.87. The first-order valence-corrected chi connectivity index (χ1v) is 9.51. The Labute approximate surface area is 176 Å². The lowest BCUT2D eigenvalue weighted by atomic mass is 10.1. The Morgan fingerprint density at radius 2 is 1.30 bits per heavy atom. The molecule has 0 aliphatic carbocycles. The number of rotatable bonds is 7. The van der Waals surface area contributed by atoms with Crippen LogP contribution in [-0.4, -0.2) is 30.9 Å². The minimum absolute atomic E-state index is 0.327. The molecule has 0 spiro atoms. The topological polar surface area (TPSA) is 67.9 Å². The van der Waals surface area contributed by atoms with E-state index in [0.717, 1.165) is 11.1 Å². The summed E-state index contributed by atoms with van der Waals surface area (Å²) in [5.41, 5.74) is 2.34. The average Bonchev–Trinajstić information content (AvgIpc) is 2.79. The van der Waals surface area contributed by atoms with E-state index >= 15 is 0 Å². The van der Waals surface area contributed by atoms with E-state index in [9.17, 15) is 9.59 Å². The third-order valence-corrected chi connectivity index (χ3v) is 4.56. The van der Waals surface area contributed by atoms with Crippen molar-refractivity contribution in [2.75, 3.05) is 19.5 Å². The number of methoxy groups -OCH3 is 2. The summed E-state index contributed by atoms with van der Waals surface area (Å²) in [6, 6.07) is 24.1. The van der Waals surface area contributed by atoms with Crippen molar-refractivity contribution in [3.63, 3.8) is 0 Å². The molecule has 0 unspecified atom stereocenters. The molecule has 6 nitrogen and oxygen atoms in total. The number of anilines is 1. The molecular weight excluding hydrogens is 380 g/mol. The fourth-order valence-electron chi connectivity index (χ4n) is 3.05. The third-order valence-electron chi connectivity index (χ3n) is 4.56. The van der Waals surface area contributed by atoms with E-state index in [1.807, 2.05) is 60.7 Å². The lowest BCUT2D eigenvalue weighted by Gasteiger charge is -2.22. The standard InChI is InChI=1S/C24H24N2O4/c1-29-21-14-13-20(15-22(21)30-2)25-23(27)24(28)26(16-18-9-5-3-6-10-18)17-19-11-7-4-8-12-19/h3-15H,16-17H2,1-2H3,(H,25,27). The molecule has 2 amide bonds. The minimum atomic E-state index is -0.714. The van der Waals surface area contributed by atoms with E-state index in [1.165, 1.54) is 19.1 Å². The summed E-state index contributed by atoms with van der Waals surface area (Å²) in [5, 5.41) is 2.65. The highest BCUT2D eigenvalue weighted by atomic mass is 16.5. The van der Waals surface area contributed by atoms with Gasteiger partial charge in [-0.15, -0.1) is 0 Å². The number of hydrogen-bond acceptors (Lipinski definition) is 4. The first kappa shape index (κ1) is 20.9. The first-order valence-electron chi connectivity index (χ1n) is 9.51. The van der Waals surface area contributed by atoms with Crippen LogP contribution >= 0.6 is 0 Å². The zero-order valence-corrected chi connectivity index (χ0v) is 17.0. The molecule has 0 aromatic heterocycles. The van der Waals surface area contributed by atoms with Crippen molar-refractivity contribution in [2.24, 2.45) is 0 Å². The van der Waals surface area contributed by atoms with E-state index in [2.05, 4.69) is 5.32 Å². The van der Waals surface area contributed by atoms with Crippen LogP contribution in [0.3, 0.4) is 0 Å². The van der Waals surface area contributed by atoms with Crippen LogP contribution in [0.2, 0.25) is 0 Å². The number of nitrogens with zero attached hydrogens (tertiary/aromatic N) is 1. The molecule has 1 N–H and O–H groups in total. The Balaban J connectivity index is 1.78. The Kier molecular flexibility index (Phi) is 7.05. The smallest absolute Gasteiger partial charge is 0.313 e. The Bertz CT molecular complexity index is 949. The maximum absolute atomic E-state index is 13.0. The van der Waals surface area contributed by atoms with Crippen LogP contribution in [0.5, 0.6) is 11.5 Å². The molecular formula is C24H24N2O4. The summed E-state index contributed by atoms with van der Waals surface area (Å²) >= 11 is 0. The molecule has 0 atom stereocenters. The quantitative estimate of drug-likeness (QED) is 0.607. The maximum Gasteiger partial charge on any atom is 0.313 e. The monoisotopic (exact) mass is 404 g/mol. The van der Waals surface area contributed by atoms with E-state index in [4.69, 9.17) is 9.47 Å². The van der Waals surface area contributed by atoms with Crippen molar-refractivity contribution >= 4 is 17.5 Å². The average molecular weight is 404 g/mol. The van der Waals surface area contributed by atoms with E-state index < -0.39 is 11.8 Å². The highest BCUT2D eigenvalue weighted by molar-refractivity contribution is 6.39. The molecule has 0 saturated carbocycles. The van der Waals surface area contributed by atoms with Crippen LogP contribution in [-0.2, 0) is 22.7 Å². The molecule has 0 aliphatic rings. The molecule has 3 aromatic carbocycles. The van der Waals surface area contributed by atoms with Gasteiger partial charge in [-0.3, -0.25) is 9.59 Å². The normalized spacial score (nSPS) is 10.2. The van der Waals surface area contributed by atoms with Gasteiger partial charge in [0.15, 0.2) is 11.5 Å². The number of amides is 2. The Hall–Kier alpha value is -3.80. The van der Waals surface area contributed by atoms with Crippen molar-refractivity contribution in [3.8, 4) is 11.5 Å². The second kappa shape index (κ2) is 10.1. The van der Waals surface area contributed by atoms with Crippen LogP contribution in [0.15, 0.2) is 78.9 Å². The number of benzene rings is 3. The summed E-state index contributed by atoms with van der Waals surface area (Å²) in [7, 11) is 3.04. The van der Waals surface area contributed by atoms with Gasteiger partial charge in [-0.1, -0.05) is 60.7 Å². The molecule has 30 heavy (non-hydrogen) atoms. The molecule has 0 heterocycles. The lowest BCUT2D eigenvalue weighted by molar-refractivity contribution is -0.144. The van der Waals surface area contributed by atoms with Gasteiger partial charge in [0, 0.05) is 24.8 Å².